The van der Waals surface area contributed by atoms with Gasteiger partial charge in [0.1, 0.15) is 5.75 Å². The third kappa shape index (κ3) is 5.35. The van der Waals surface area contributed by atoms with Crippen LogP contribution in [0.4, 0.5) is 0 Å². The molecule has 0 fully saturated rings. The molecule has 0 saturated carbocycles. The van der Waals surface area contributed by atoms with E-state index >= 15 is 0 Å². The first-order valence-electron chi connectivity index (χ1n) is 9.76. The Morgan fingerprint density at radius 2 is 2.00 bits per heavy atom. The van der Waals surface area contributed by atoms with Crippen LogP contribution in [-0.4, -0.2) is 19.1 Å². The van der Waals surface area contributed by atoms with Crippen LogP contribution in [0.3, 0.4) is 0 Å². The summed E-state index contributed by atoms with van der Waals surface area (Å²) in [7, 11) is 0. The Balaban J connectivity index is 1.44. The van der Waals surface area contributed by atoms with Crippen LogP contribution in [0.5, 0.6) is 5.75 Å². The average molecular weight is 351 g/mol. The predicted molar refractivity (Wildman–Crippen MR) is 106 cm³/mol. The van der Waals surface area contributed by atoms with Gasteiger partial charge in [0.2, 0.25) is 5.91 Å². The molecule has 1 unspecified atom stereocenters. The second-order valence-electron chi connectivity index (χ2n) is 7.16. The molecule has 2 aromatic carbocycles. The number of rotatable bonds is 9. The van der Waals surface area contributed by atoms with Gasteiger partial charge in [0.25, 0.3) is 0 Å². The predicted octanol–water partition coefficient (Wildman–Crippen LogP) is 4.64. The molecule has 3 heteroatoms. The van der Waals surface area contributed by atoms with Crippen molar-refractivity contribution in [3.63, 3.8) is 0 Å². The Labute approximate surface area is 156 Å². The molecule has 3 nitrogen and oxygen atoms in total. The first kappa shape index (κ1) is 18.5. The molecule has 2 aromatic rings. The van der Waals surface area contributed by atoms with Crippen molar-refractivity contribution in [2.75, 3.05) is 13.2 Å². The number of carbonyl (C=O) groups excluding carboxylic acids is 1. The van der Waals surface area contributed by atoms with Crippen molar-refractivity contribution in [1.29, 1.82) is 0 Å². The molecule has 1 aliphatic carbocycles. The molecular formula is C23H29NO2. The SMILES string of the molecule is CC(=O)NCCC1CCc2ccc(OCCCCc3ccccc3)cc21. The van der Waals surface area contributed by atoms with Crippen LogP contribution >= 0.6 is 0 Å². The van der Waals surface area contributed by atoms with Crippen LogP contribution in [0, 0.1) is 0 Å². The lowest BCUT2D eigenvalue weighted by Gasteiger charge is -2.14. The summed E-state index contributed by atoms with van der Waals surface area (Å²) in [6.07, 6.45) is 6.64. The Hall–Kier alpha value is -2.29. The summed E-state index contributed by atoms with van der Waals surface area (Å²) < 4.78 is 5.99. The first-order chi connectivity index (χ1) is 12.7. The third-order valence-electron chi connectivity index (χ3n) is 5.16. The van der Waals surface area contributed by atoms with Crippen LogP contribution in [0.1, 0.15) is 55.2 Å². The smallest absolute Gasteiger partial charge is 0.216 e. The standard InChI is InChI=1S/C23H29NO2/c1-18(25)24-15-14-21-11-10-20-12-13-22(17-23(20)21)26-16-6-5-9-19-7-3-2-4-8-19/h2-4,7-8,12-13,17,21H,5-6,9-11,14-16H2,1H3,(H,24,25). The average Bonchev–Trinajstić information content (AvgIpc) is 3.04. The number of hydrogen-bond acceptors (Lipinski definition) is 2. The van der Waals surface area contributed by atoms with E-state index in [0.717, 1.165) is 51.0 Å². The summed E-state index contributed by atoms with van der Waals surface area (Å²) >= 11 is 0. The third-order valence-corrected chi connectivity index (χ3v) is 5.16. The summed E-state index contributed by atoms with van der Waals surface area (Å²) in [5, 5.41) is 2.91. The van der Waals surface area contributed by atoms with Crippen molar-refractivity contribution in [2.45, 2.75) is 51.4 Å². The molecule has 0 heterocycles. The number of fused-ring (bicyclic) bond motifs is 1. The van der Waals surface area contributed by atoms with Crippen molar-refractivity contribution in [3.05, 3.63) is 65.2 Å². The second kappa shape index (κ2) is 9.42. The molecule has 0 aliphatic heterocycles. The van der Waals surface area contributed by atoms with Gasteiger partial charge in [-0.2, -0.15) is 0 Å². The fourth-order valence-corrected chi connectivity index (χ4v) is 3.74. The molecule has 1 N–H and O–H groups in total. The highest BCUT2D eigenvalue weighted by molar-refractivity contribution is 5.72. The van der Waals surface area contributed by atoms with Gasteiger partial charge in [-0.1, -0.05) is 36.4 Å². The zero-order valence-corrected chi connectivity index (χ0v) is 15.7. The topological polar surface area (TPSA) is 38.3 Å². The van der Waals surface area contributed by atoms with E-state index < -0.39 is 0 Å². The Morgan fingerprint density at radius 1 is 1.15 bits per heavy atom. The van der Waals surface area contributed by atoms with Crippen molar-refractivity contribution in [1.82, 2.24) is 5.32 Å². The summed E-state index contributed by atoms with van der Waals surface area (Å²) in [5.41, 5.74) is 4.25. The summed E-state index contributed by atoms with van der Waals surface area (Å²) in [5.74, 6) is 1.57. The van der Waals surface area contributed by atoms with Gasteiger partial charge in [-0.05, 0) is 73.3 Å². The Morgan fingerprint density at radius 3 is 2.81 bits per heavy atom. The van der Waals surface area contributed by atoms with Crippen LogP contribution < -0.4 is 10.1 Å². The highest BCUT2D eigenvalue weighted by atomic mass is 16.5. The van der Waals surface area contributed by atoms with Gasteiger partial charge in [0.15, 0.2) is 0 Å². The molecule has 0 aromatic heterocycles. The zero-order valence-electron chi connectivity index (χ0n) is 15.7. The van der Waals surface area contributed by atoms with Gasteiger partial charge < -0.3 is 10.1 Å². The van der Waals surface area contributed by atoms with Gasteiger partial charge in [-0.15, -0.1) is 0 Å². The number of unbranched alkanes of at least 4 members (excludes halogenated alkanes) is 1. The molecular weight excluding hydrogens is 322 g/mol. The van der Waals surface area contributed by atoms with E-state index in [0.29, 0.717) is 5.92 Å². The van der Waals surface area contributed by atoms with Crippen LogP contribution in [0.2, 0.25) is 0 Å². The number of aryl methyl sites for hydroxylation is 2. The molecule has 26 heavy (non-hydrogen) atoms. The highest BCUT2D eigenvalue weighted by Gasteiger charge is 2.22. The lowest BCUT2D eigenvalue weighted by Crippen LogP contribution is -2.22. The summed E-state index contributed by atoms with van der Waals surface area (Å²) in [4.78, 5) is 11.0. The Bertz CT molecular complexity index is 711. The molecule has 1 aliphatic rings. The first-order valence-corrected chi connectivity index (χ1v) is 9.76. The number of hydrogen-bond donors (Lipinski definition) is 1. The maximum atomic E-state index is 11.0. The van der Waals surface area contributed by atoms with Gasteiger partial charge in [0.05, 0.1) is 6.61 Å². The minimum atomic E-state index is 0.0517. The molecule has 0 radical (unpaired) electrons. The summed E-state index contributed by atoms with van der Waals surface area (Å²) in [6, 6.07) is 17.2. The minimum Gasteiger partial charge on any atom is -0.494 e. The molecule has 0 saturated heterocycles. The van der Waals surface area contributed by atoms with Crippen LogP contribution in [-0.2, 0) is 17.6 Å². The van der Waals surface area contributed by atoms with Crippen molar-refractivity contribution >= 4 is 5.91 Å². The Kier molecular flexibility index (Phi) is 6.70. The monoisotopic (exact) mass is 351 g/mol. The lowest BCUT2D eigenvalue weighted by molar-refractivity contribution is -0.118. The van der Waals surface area contributed by atoms with Crippen molar-refractivity contribution < 1.29 is 9.53 Å². The maximum absolute atomic E-state index is 11.0. The number of benzene rings is 2. The lowest BCUT2D eigenvalue weighted by atomic mass is 9.97. The number of ether oxygens (including phenoxy) is 1. The molecule has 1 amide bonds. The molecule has 1 atom stereocenters. The van der Waals surface area contributed by atoms with E-state index in [2.05, 4.69) is 53.8 Å². The largest absolute Gasteiger partial charge is 0.494 e. The van der Waals surface area contributed by atoms with Gasteiger partial charge >= 0.3 is 0 Å². The maximum Gasteiger partial charge on any atom is 0.216 e. The highest BCUT2D eigenvalue weighted by Crippen LogP contribution is 2.37. The fourth-order valence-electron chi connectivity index (χ4n) is 3.74. The van der Waals surface area contributed by atoms with E-state index in [1.54, 1.807) is 6.92 Å². The van der Waals surface area contributed by atoms with E-state index in [-0.39, 0.29) is 5.91 Å². The molecule has 0 spiro atoms. The number of amides is 1. The van der Waals surface area contributed by atoms with E-state index in [9.17, 15) is 4.79 Å². The van der Waals surface area contributed by atoms with Crippen LogP contribution in [0.15, 0.2) is 48.5 Å². The second-order valence-corrected chi connectivity index (χ2v) is 7.16. The minimum absolute atomic E-state index is 0.0517. The molecule has 0 bridgehead atoms. The normalized spacial score (nSPS) is 15.5. The van der Waals surface area contributed by atoms with Crippen molar-refractivity contribution in [3.8, 4) is 5.75 Å². The van der Waals surface area contributed by atoms with E-state index in [4.69, 9.17) is 4.74 Å². The molecule has 3 rings (SSSR count). The van der Waals surface area contributed by atoms with E-state index in [1.807, 2.05) is 0 Å². The van der Waals surface area contributed by atoms with E-state index in [1.165, 1.54) is 23.1 Å². The van der Waals surface area contributed by atoms with Crippen LogP contribution in [0.25, 0.3) is 0 Å². The zero-order chi connectivity index (χ0) is 18.2. The van der Waals surface area contributed by atoms with Gasteiger partial charge in [0, 0.05) is 13.5 Å². The van der Waals surface area contributed by atoms with Gasteiger partial charge in [-0.3, -0.25) is 4.79 Å². The number of carbonyl (C=O) groups is 1. The number of nitrogens with one attached hydrogen (secondary N) is 1. The quantitative estimate of drug-likeness (QED) is 0.668. The van der Waals surface area contributed by atoms with Gasteiger partial charge in [-0.25, -0.2) is 0 Å². The molecule has 138 valence electrons. The fraction of sp³-hybridized carbons (Fsp3) is 0.435. The van der Waals surface area contributed by atoms with Crippen molar-refractivity contribution in [2.24, 2.45) is 0 Å². The summed E-state index contributed by atoms with van der Waals surface area (Å²) in [6.45, 7) is 3.10.